The molecule has 9 nitrogen and oxygen atoms in total. The number of primary amides is 1. The number of piperidine rings is 1. The van der Waals surface area contributed by atoms with E-state index in [9.17, 15) is 4.79 Å². The average molecular weight is 456 g/mol. The van der Waals surface area contributed by atoms with Crippen LogP contribution in [0.2, 0.25) is 0 Å². The highest BCUT2D eigenvalue weighted by Gasteiger charge is 2.44. The van der Waals surface area contributed by atoms with E-state index in [-0.39, 0.29) is 0 Å². The number of methoxy groups -OCH3 is 1. The van der Waals surface area contributed by atoms with Crippen molar-refractivity contribution in [3.63, 3.8) is 0 Å². The monoisotopic (exact) mass is 455 g/mol. The van der Waals surface area contributed by atoms with Crippen molar-refractivity contribution in [2.24, 2.45) is 5.73 Å². The lowest BCUT2D eigenvalue weighted by atomic mass is 9.87. The highest BCUT2D eigenvalue weighted by atomic mass is 16.5. The van der Waals surface area contributed by atoms with Crippen molar-refractivity contribution in [1.82, 2.24) is 24.8 Å². The summed E-state index contributed by atoms with van der Waals surface area (Å²) in [6, 6.07) is 10.9. The van der Waals surface area contributed by atoms with Gasteiger partial charge in [0.2, 0.25) is 5.88 Å². The fourth-order valence-electron chi connectivity index (χ4n) is 5.20. The highest BCUT2D eigenvalue weighted by molar-refractivity contribution is 6.07. The number of nitrogens with one attached hydrogen (secondary N) is 1. The number of nitrogens with zero attached hydrogens (tertiary/aromatic N) is 5. The van der Waals surface area contributed by atoms with Crippen LogP contribution in [0.3, 0.4) is 0 Å². The number of carbonyl (C=O) groups is 1. The lowest BCUT2D eigenvalue weighted by molar-refractivity contribution is -0.00876. The molecule has 3 N–H and O–H groups in total. The van der Waals surface area contributed by atoms with Crippen LogP contribution in [-0.4, -0.2) is 63.0 Å². The number of fused-ring (bicyclic) bond motifs is 3. The van der Waals surface area contributed by atoms with Crippen LogP contribution in [0.4, 0.5) is 5.82 Å². The second-order valence-electron chi connectivity index (χ2n) is 8.89. The van der Waals surface area contributed by atoms with Gasteiger partial charge in [0, 0.05) is 79.1 Å². The van der Waals surface area contributed by atoms with Gasteiger partial charge in [-0.15, -0.1) is 0 Å². The minimum absolute atomic E-state index is 0.393. The molecule has 172 valence electrons. The van der Waals surface area contributed by atoms with E-state index in [4.69, 9.17) is 15.5 Å². The van der Waals surface area contributed by atoms with Gasteiger partial charge < -0.3 is 20.4 Å². The van der Waals surface area contributed by atoms with E-state index in [1.54, 1.807) is 7.11 Å². The number of rotatable bonds is 6. The summed E-state index contributed by atoms with van der Waals surface area (Å²) < 4.78 is 5.16. The smallest absolute Gasteiger partial charge is 0.250 e. The molecule has 7 rings (SSSR count). The minimum atomic E-state index is -0.502. The Morgan fingerprint density at radius 3 is 2.62 bits per heavy atom. The summed E-state index contributed by atoms with van der Waals surface area (Å²) in [6.07, 6.45) is 8.26. The molecule has 0 aromatic carbocycles. The predicted octanol–water partition coefficient (Wildman–Crippen LogP) is 2.59. The molecule has 9 heteroatoms. The van der Waals surface area contributed by atoms with Crippen LogP contribution in [-0.2, 0) is 6.54 Å². The van der Waals surface area contributed by atoms with Gasteiger partial charge in [0.05, 0.1) is 12.7 Å². The van der Waals surface area contributed by atoms with Gasteiger partial charge in [-0.1, -0.05) is 6.07 Å². The number of aromatic amines is 1. The van der Waals surface area contributed by atoms with Gasteiger partial charge in [-0.3, -0.25) is 9.69 Å². The van der Waals surface area contributed by atoms with Crippen molar-refractivity contribution in [2.75, 3.05) is 25.1 Å². The first-order valence-electron chi connectivity index (χ1n) is 11.3. The van der Waals surface area contributed by atoms with E-state index >= 15 is 0 Å². The maximum absolute atomic E-state index is 12.0. The first kappa shape index (κ1) is 20.6. The van der Waals surface area contributed by atoms with Crippen LogP contribution in [0.25, 0.3) is 22.2 Å². The standard InChI is InChI=1S/C25H25N7O2/c1-34-22-5-2-15(9-29-22)12-32-17-8-18(32)14-31(13-17)21-4-3-16(10-28-21)23-19-6-7-27-25(19)30-11-20(23)24(26)33/h2-7,9-11,17-18H,8,12-14H2,1H3,(H2,26,33)(H,27,30). The first-order valence-corrected chi connectivity index (χ1v) is 11.3. The maximum Gasteiger partial charge on any atom is 0.250 e. The second kappa shape index (κ2) is 8.11. The Bertz CT molecular complexity index is 1340. The second-order valence-corrected chi connectivity index (χ2v) is 8.89. The van der Waals surface area contributed by atoms with E-state index in [0.29, 0.717) is 29.2 Å². The number of nitrogens with two attached hydrogens (primary N) is 1. The van der Waals surface area contributed by atoms with Crippen molar-refractivity contribution >= 4 is 22.8 Å². The Hall–Kier alpha value is -3.98. The third-order valence-corrected chi connectivity index (χ3v) is 6.93. The summed E-state index contributed by atoms with van der Waals surface area (Å²) >= 11 is 0. The van der Waals surface area contributed by atoms with Crippen LogP contribution in [0, 0.1) is 0 Å². The number of amides is 1. The Morgan fingerprint density at radius 2 is 1.94 bits per heavy atom. The molecule has 2 atom stereocenters. The SMILES string of the molecule is COc1ccc(CN2C3CC2CN(c2ccc(-c4c(C(N)=O)cnc5[nH]ccc45)cn2)C3)cn1. The molecular weight excluding hydrogens is 430 g/mol. The van der Waals surface area contributed by atoms with Gasteiger partial charge in [-0.2, -0.15) is 0 Å². The zero-order valence-electron chi connectivity index (χ0n) is 18.8. The number of ether oxygens (including phenoxy) is 1. The topological polar surface area (TPSA) is 113 Å². The number of hydrogen-bond donors (Lipinski definition) is 2. The predicted molar refractivity (Wildman–Crippen MR) is 129 cm³/mol. The molecule has 1 amide bonds. The molecule has 3 fully saturated rings. The van der Waals surface area contributed by atoms with Crippen LogP contribution in [0.5, 0.6) is 5.88 Å². The Kier molecular flexibility index (Phi) is 4.91. The first-order chi connectivity index (χ1) is 16.6. The molecule has 0 radical (unpaired) electrons. The summed E-state index contributed by atoms with van der Waals surface area (Å²) in [5.74, 6) is 1.09. The molecule has 0 aliphatic carbocycles. The summed E-state index contributed by atoms with van der Waals surface area (Å²) in [4.78, 5) is 33.4. The van der Waals surface area contributed by atoms with E-state index in [0.717, 1.165) is 42.0 Å². The Morgan fingerprint density at radius 1 is 1.09 bits per heavy atom. The average Bonchev–Trinajstić information content (AvgIpc) is 3.36. The molecule has 2 unspecified atom stereocenters. The lowest BCUT2D eigenvalue weighted by Gasteiger charge is -2.56. The quantitative estimate of drug-likeness (QED) is 0.459. The number of anilines is 1. The van der Waals surface area contributed by atoms with Gasteiger partial charge in [0.25, 0.3) is 5.91 Å². The maximum atomic E-state index is 12.0. The molecule has 34 heavy (non-hydrogen) atoms. The van der Waals surface area contributed by atoms with Gasteiger partial charge in [0.15, 0.2) is 0 Å². The van der Waals surface area contributed by atoms with Gasteiger partial charge in [-0.05, 0) is 30.2 Å². The van der Waals surface area contributed by atoms with E-state index in [1.807, 2.05) is 42.9 Å². The third kappa shape index (κ3) is 3.45. The van der Waals surface area contributed by atoms with Crippen LogP contribution >= 0.6 is 0 Å². The van der Waals surface area contributed by atoms with E-state index in [2.05, 4.69) is 30.8 Å². The van der Waals surface area contributed by atoms with Crippen LogP contribution < -0.4 is 15.4 Å². The third-order valence-electron chi connectivity index (χ3n) is 6.93. The zero-order chi connectivity index (χ0) is 23.2. The minimum Gasteiger partial charge on any atom is -0.481 e. The molecule has 3 saturated heterocycles. The van der Waals surface area contributed by atoms with Crippen molar-refractivity contribution < 1.29 is 9.53 Å². The molecule has 2 bridgehead atoms. The van der Waals surface area contributed by atoms with Crippen molar-refractivity contribution in [3.05, 3.63) is 66.2 Å². The Labute approximate surface area is 196 Å². The van der Waals surface area contributed by atoms with E-state index in [1.165, 1.54) is 18.2 Å². The fraction of sp³-hybridized carbons (Fsp3) is 0.280. The molecule has 3 aliphatic rings. The lowest BCUT2D eigenvalue weighted by Crippen LogP contribution is -2.68. The van der Waals surface area contributed by atoms with Crippen molar-refractivity contribution in [2.45, 2.75) is 25.0 Å². The van der Waals surface area contributed by atoms with Gasteiger partial charge >= 0.3 is 0 Å². The molecular formula is C25H25N7O2. The molecule has 4 aromatic rings. The fourth-order valence-corrected chi connectivity index (χ4v) is 5.20. The summed E-state index contributed by atoms with van der Waals surface area (Å²) in [7, 11) is 1.63. The molecule has 0 saturated carbocycles. The normalized spacial score (nSPS) is 19.7. The summed E-state index contributed by atoms with van der Waals surface area (Å²) in [5.41, 5.74) is 9.55. The number of pyridine rings is 3. The molecule has 3 aliphatic heterocycles. The molecule has 0 spiro atoms. The van der Waals surface area contributed by atoms with Gasteiger partial charge in [0.1, 0.15) is 11.5 Å². The number of hydrogen-bond acceptors (Lipinski definition) is 7. The largest absolute Gasteiger partial charge is 0.481 e. The van der Waals surface area contributed by atoms with Crippen molar-refractivity contribution in [1.29, 1.82) is 0 Å². The zero-order valence-corrected chi connectivity index (χ0v) is 18.8. The molecule has 4 aromatic heterocycles. The van der Waals surface area contributed by atoms with Crippen LogP contribution in [0.15, 0.2) is 55.1 Å². The number of H-pyrrole nitrogens is 1. The molecule has 7 heterocycles. The van der Waals surface area contributed by atoms with E-state index < -0.39 is 5.91 Å². The number of carbonyl (C=O) groups excluding carboxylic acids is 1. The van der Waals surface area contributed by atoms with Crippen LogP contribution in [0.1, 0.15) is 22.3 Å². The number of piperazine rings is 1. The van der Waals surface area contributed by atoms with Crippen molar-refractivity contribution in [3.8, 4) is 17.0 Å². The Balaban J connectivity index is 1.19. The highest BCUT2D eigenvalue weighted by Crippen LogP contribution is 2.36. The van der Waals surface area contributed by atoms with Gasteiger partial charge in [-0.25, -0.2) is 15.0 Å². The summed E-state index contributed by atoms with van der Waals surface area (Å²) in [6.45, 7) is 2.78. The number of aromatic nitrogens is 4. The summed E-state index contributed by atoms with van der Waals surface area (Å²) in [5, 5.41) is 0.855.